The van der Waals surface area contributed by atoms with Crippen LogP contribution >= 0.6 is 11.8 Å². The van der Waals surface area contributed by atoms with Gasteiger partial charge < -0.3 is 9.88 Å². The van der Waals surface area contributed by atoms with Crippen LogP contribution in [-0.2, 0) is 6.54 Å². The smallest absolute Gasteiger partial charge is 0.0946 e. The quantitative estimate of drug-likeness (QED) is 0.811. The van der Waals surface area contributed by atoms with Crippen LogP contribution in [0.4, 0.5) is 0 Å². The Labute approximate surface area is 113 Å². The molecule has 0 amide bonds. The molecule has 18 heavy (non-hydrogen) atoms. The number of nitrogens with zero attached hydrogens (tertiary/aromatic N) is 2. The van der Waals surface area contributed by atoms with Gasteiger partial charge in [0.25, 0.3) is 0 Å². The topological polar surface area (TPSA) is 29.9 Å². The van der Waals surface area contributed by atoms with Gasteiger partial charge in [-0.2, -0.15) is 0 Å². The van der Waals surface area contributed by atoms with E-state index >= 15 is 0 Å². The number of imidazole rings is 1. The third-order valence-corrected chi connectivity index (χ3v) is 3.74. The fourth-order valence-corrected chi connectivity index (χ4v) is 2.25. The summed E-state index contributed by atoms with van der Waals surface area (Å²) >= 11 is 1.77. The molecule has 1 N–H and O–H groups in total. The molecule has 0 aliphatic carbocycles. The lowest BCUT2D eigenvalue weighted by Gasteiger charge is -2.14. The van der Waals surface area contributed by atoms with Crippen LogP contribution in [0.3, 0.4) is 0 Å². The van der Waals surface area contributed by atoms with Crippen LogP contribution in [0.15, 0.2) is 47.9 Å². The number of rotatable bonds is 6. The van der Waals surface area contributed by atoms with E-state index in [1.165, 1.54) is 10.5 Å². The number of thioether (sulfide) groups is 1. The molecule has 1 unspecified atom stereocenters. The predicted octanol–water partition coefficient (Wildman–Crippen LogP) is 2.96. The van der Waals surface area contributed by atoms with Crippen LogP contribution < -0.4 is 5.32 Å². The Bertz CT molecular complexity index is 450. The summed E-state index contributed by atoms with van der Waals surface area (Å²) in [5, 5.41) is 3.52. The Morgan fingerprint density at radius 3 is 2.72 bits per heavy atom. The van der Waals surface area contributed by atoms with E-state index in [-0.39, 0.29) is 0 Å². The van der Waals surface area contributed by atoms with E-state index in [0.29, 0.717) is 6.04 Å². The minimum Gasteiger partial charge on any atom is -0.336 e. The maximum Gasteiger partial charge on any atom is 0.0946 e. The molecule has 2 aromatic rings. The fourth-order valence-electron chi connectivity index (χ4n) is 1.84. The van der Waals surface area contributed by atoms with Crippen molar-refractivity contribution in [1.82, 2.24) is 14.9 Å². The van der Waals surface area contributed by atoms with Crippen molar-refractivity contribution < 1.29 is 0 Å². The number of benzene rings is 1. The van der Waals surface area contributed by atoms with E-state index in [1.807, 2.05) is 18.7 Å². The van der Waals surface area contributed by atoms with Gasteiger partial charge >= 0.3 is 0 Å². The largest absolute Gasteiger partial charge is 0.336 e. The first-order valence-corrected chi connectivity index (χ1v) is 7.35. The van der Waals surface area contributed by atoms with Crippen molar-refractivity contribution in [3.05, 3.63) is 48.5 Å². The van der Waals surface area contributed by atoms with Crippen LogP contribution in [0.25, 0.3) is 0 Å². The van der Waals surface area contributed by atoms with Crippen molar-refractivity contribution in [1.29, 1.82) is 0 Å². The number of hydrogen-bond acceptors (Lipinski definition) is 3. The molecule has 0 bridgehead atoms. The van der Waals surface area contributed by atoms with Gasteiger partial charge in [-0.1, -0.05) is 12.1 Å². The molecule has 96 valence electrons. The van der Waals surface area contributed by atoms with Crippen LogP contribution in [0.5, 0.6) is 0 Å². The van der Waals surface area contributed by atoms with Crippen molar-refractivity contribution in [2.45, 2.75) is 24.4 Å². The third kappa shape index (κ3) is 3.62. The molecule has 0 fully saturated rings. The molecule has 4 heteroatoms. The zero-order valence-corrected chi connectivity index (χ0v) is 11.7. The molecule has 0 aliphatic rings. The average molecular weight is 261 g/mol. The molecule has 1 aromatic carbocycles. The van der Waals surface area contributed by atoms with Gasteiger partial charge in [-0.05, 0) is 30.9 Å². The first-order valence-electron chi connectivity index (χ1n) is 6.12. The summed E-state index contributed by atoms with van der Waals surface area (Å²) in [7, 11) is 0. The molecule has 0 aliphatic heterocycles. The highest BCUT2D eigenvalue weighted by Gasteiger charge is 2.04. The molecule has 1 heterocycles. The van der Waals surface area contributed by atoms with Crippen molar-refractivity contribution in [2.75, 3.05) is 12.8 Å². The van der Waals surface area contributed by atoms with Gasteiger partial charge in [-0.15, -0.1) is 11.8 Å². The SMILES string of the molecule is CSc1ccc(C(C)NCCn2ccnc2)cc1. The van der Waals surface area contributed by atoms with E-state index in [4.69, 9.17) is 0 Å². The molecule has 0 saturated carbocycles. The summed E-state index contributed by atoms with van der Waals surface area (Å²) in [6.07, 6.45) is 7.74. The Morgan fingerprint density at radius 1 is 1.33 bits per heavy atom. The first-order chi connectivity index (χ1) is 8.79. The fraction of sp³-hybridized carbons (Fsp3) is 0.357. The molecule has 2 rings (SSSR count). The van der Waals surface area contributed by atoms with Gasteiger partial charge in [0.2, 0.25) is 0 Å². The van der Waals surface area contributed by atoms with Crippen LogP contribution in [0.1, 0.15) is 18.5 Å². The van der Waals surface area contributed by atoms with E-state index in [9.17, 15) is 0 Å². The van der Waals surface area contributed by atoms with Crippen molar-refractivity contribution in [3.8, 4) is 0 Å². The lowest BCUT2D eigenvalue weighted by Crippen LogP contribution is -2.22. The van der Waals surface area contributed by atoms with Gasteiger partial charge in [0.1, 0.15) is 0 Å². The molecule has 1 atom stereocenters. The molecule has 0 radical (unpaired) electrons. The molecule has 3 nitrogen and oxygen atoms in total. The summed E-state index contributed by atoms with van der Waals surface area (Å²) in [5.41, 5.74) is 1.33. The van der Waals surface area contributed by atoms with Crippen LogP contribution in [-0.4, -0.2) is 22.4 Å². The summed E-state index contributed by atoms with van der Waals surface area (Å²) in [6.45, 7) is 4.09. The molecule has 1 aromatic heterocycles. The van der Waals surface area contributed by atoms with Gasteiger partial charge in [0.15, 0.2) is 0 Å². The Kier molecular flexibility index (Phi) is 4.84. The highest BCUT2D eigenvalue weighted by Crippen LogP contribution is 2.18. The standard InChI is InChI=1S/C14H19N3S/c1-12(13-3-5-14(18-2)6-4-13)16-8-10-17-9-7-15-11-17/h3-7,9,11-12,16H,8,10H2,1-2H3. The van der Waals surface area contributed by atoms with E-state index in [0.717, 1.165) is 13.1 Å². The third-order valence-electron chi connectivity index (χ3n) is 3.00. The highest BCUT2D eigenvalue weighted by molar-refractivity contribution is 7.98. The zero-order chi connectivity index (χ0) is 12.8. The zero-order valence-electron chi connectivity index (χ0n) is 10.8. The van der Waals surface area contributed by atoms with Crippen molar-refractivity contribution in [3.63, 3.8) is 0 Å². The van der Waals surface area contributed by atoms with Gasteiger partial charge in [0.05, 0.1) is 6.33 Å². The summed E-state index contributed by atoms with van der Waals surface area (Å²) < 4.78 is 2.08. The normalized spacial score (nSPS) is 12.6. The monoisotopic (exact) mass is 261 g/mol. The lowest BCUT2D eigenvalue weighted by molar-refractivity contribution is 0.531. The molecular formula is C14H19N3S. The summed E-state index contributed by atoms with van der Waals surface area (Å²) in [4.78, 5) is 5.34. The second kappa shape index (κ2) is 6.61. The van der Waals surface area contributed by atoms with E-state index < -0.39 is 0 Å². The van der Waals surface area contributed by atoms with Crippen molar-refractivity contribution in [2.24, 2.45) is 0 Å². The lowest BCUT2D eigenvalue weighted by atomic mass is 10.1. The maximum absolute atomic E-state index is 4.03. The van der Waals surface area contributed by atoms with Gasteiger partial charge in [-0.3, -0.25) is 0 Å². The minimum atomic E-state index is 0.379. The Morgan fingerprint density at radius 2 is 2.11 bits per heavy atom. The number of hydrogen-bond donors (Lipinski definition) is 1. The first kappa shape index (κ1) is 13.2. The summed E-state index contributed by atoms with van der Waals surface area (Å²) in [5.74, 6) is 0. The number of aromatic nitrogens is 2. The highest BCUT2D eigenvalue weighted by atomic mass is 32.2. The van der Waals surface area contributed by atoms with E-state index in [1.54, 1.807) is 11.8 Å². The van der Waals surface area contributed by atoms with Gasteiger partial charge in [-0.25, -0.2) is 4.98 Å². The number of nitrogens with one attached hydrogen (secondary N) is 1. The molecular weight excluding hydrogens is 242 g/mol. The second-order valence-corrected chi connectivity index (χ2v) is 5.13. The van der Waals surface area contributed by atoms with Crippen LogP contribution in [0.2, 0.25) is 0 Å². The van der Waals surface area contributed by atoms with E-state index in [2.05, 4.69) is 52.3 Å². The van der Waals surface area contributed by atoms with Gasteiger partial charge in [0, 0.05) is 36.4 Å². The molecule has 0 saturated heterocycles. The maximum atomic E-state index is 4.03. The van der Waals surface area contributed by atoms with Crippen LogP contribution in [0, 0.1) is 0 Å². The average Bonchev–Trinajstić information content (AvgIpc) is 2.92. The Hall–Kier alpha value is -1.26. The minimum absolute atomic E-state index is 0.379. The molecule has 0 spiro atoms. The summed E-state index contributed by atoms with van der Waals surface area (Å²) in [6, 6.07) is 9.12. The Balaban J connectivity index is 1.81. The van der Waals surface area contributed by atoms with Crippen molar-refractivity contribution >= 4 is 11.8 Å². The second-order valence-electron chi connectivity index (χ2n) is 4.25. The predicted molar refractivity (Wildman–Crippen MR) is 76.9 cm³/mol.